The molecule has 1 atom stereocenters. The lowest BCUT2D eigenvalue weighted by molar-refractivity contribution is 0.0730. The van der Waals surface area contributed by atoms with Crippen LogP contribution < -0.4 is 9.47 Å². The van der Waals surface area contributed by atoms with Crippen molar-refractivity contribution >= 4 is 20.0 Å². The predicted octanol–water partition coefficient (Wildman–Crippen LogP) is 2.00. The van der Waals surface area contributed by atoms with Crippen molar-refractivity contribution in [2.75, 3.05) is 46.1 Å². The van der Waals surface area contributed by atoms with E-state index in [1.165, 1.54) is 32.9 Å². The minimum absolute atomic E-state index is 0.0767. The van der Waals surface area contributed by atoms with Crippen LogP contribution in [0.25, 0.3) is 0 Å². The Labute approximate surface area is 194 Å². The molecule has 0 amide bonds. The van der Waals surface area contributed by atoms with Crippen LogP contribution in [0.15, 0.2) is 52.3 Å². The van der Waals surface area contributed by atoms with Gasteiger partial charge in [-0.25, -0.2) is 16.8 Å². The zero-order valence-corrected chi connectivity index (χ0v) is 19.7. The summed E-state index contributed by atoms with van der Waals surface area (Å²) < 4.78 is 71.9. The van der Waals surface area contributed by atoms with Crippen LogP contribution in [0.1, 0.15) is 24.4 Å². The van der Waals surface area contributed by atoms with Crippen LogP contribution in [0.2, 0.25) is 0 Å². The highest BCUT2D eigenvalue weighted by molar-refractivity contribution is 7.89. The van der Waals surface area contributed by atoms with Crippen molar-refractivity contribution in [1.29, 1.82) is 0 Å². The van der Waals surface area contributed by atoms with Crippen molar-refractivity contribution in [3.8, 4) is 11.5 Å². The summed E-state index contributed by atoms with van der Waals surface area (Å²) in [6.07, 6.45) is 1.43. The third-order valence-electron chi connectivity index (χ3n) is 6.19. The van der Waals surface area contributed by atoms with Crippen molar-refractivity contribution in [2.45, 2.75) is 28.7 Å². The molecule has 2 saturated heterocycles. The van der Waals surface area contributed by atoms with Crippen LogP contribution in [0.4, 0.5) is 0 Å². The fraction of sp³-hybridized carbons (Fsp3) is 0.455. The minimum Gasteiger partial charge on any atom is -0.486 e. The van der Waals surface area contributed by atoms with Gasteiger partial charge in [0, 0.05) is 19.6 Å². The van der Waals surface area contributed by atoms with Crippen molar-refractivity contribution in [3.05, 3.63) is 48.0 Å². The summed E-state index contributed by atoms with van der Waals surface area (Å²) >= 11 is 0. The van der Waals surface area contributed by atoms with Gasteiger partial charge in [0.15, 0.2) is 11.5 Å². The summed E-state index contributed by atoms with van der Waals surface area (Å²) in [5.74, 6) is 1.29. The molecule has 2 aromatic rings. The Kier molecular flexibility index (Phi) is 6.08. The van der Waals surface area contributed by atoms with E-state index < -0.39 is 20.0 Å². The van der Waals surface area contributed by atoms with E-state index in [-0.39, 0.29) is 28.9 Å². The molecule has 178 valence electrons. The van der Waals surface area contributed by atoms with E-state index >= 15 is 0 Å². The quantitative estimate of drug-likeness (QED) is 0.626. The fourth-order valence-corrected chi connectivity index (χ4v) is 7.57. The zero-order chi connectivity index (χ0) is 23.1. The molecule has 5 rings (SSSR count). The second kappa shape index (κ2) is 8.88. The third-order valence-corrected chi connectivity index (χ3v) is 10.0. The number of hydrogen-bond donors (Lipinski definition) is 0. The highest BCUT2D eigenvalue weighted by Gasteiger charge is 2.37. The van der Waals surface area contributed by atoms with Crippen LogP contribution in [0, 0.1) is 0 Å². The first-order chi connectivity index (χ1) is 15.9. The molecule has 0 N–H and O–H groups in total. The first-order valence-corrected chi connectivity index (χ1v) is 13.8. The normalized spacial score (nSPS) is 22.4. The number of sulfonamides is 2. The molecule has 0 bridgehead atoms. The highest BCUT2D eigenvalue weighted by Crippen LogP contribution is 2.40. The van der Waals surface area contributed by atoms with Gasteiger partial charge in [0.05, 0.1) is 29.0 Å². The number of morpholine rings is 1. The molecule has 9 nitrogen and oxygen atoms in total. The van der Waals surface area contributed by atoms with Crippen LogP contribution >= 0.6 is 0 Å². The van der Waals surface area contributed by atoms with Crippen molar-refractivity contribution in [2.24, 2.45) is 0 Å². The van der Waals surface area contributed by atoms with Gasteiger partial charge >= 0.3 is 0 Å². The van der Waals surface area contributed by atoms with E-state index in [1.807, 2.05) is 18.2 Å². The van der Waals surface area contributed by atoms with Gasteiger partial charge in [0.1, 0.15) is 13.2 Å². The fourth-order valence-electron chi connectivity index (χ4n) is 4.48. The number of ether oxygens (including phenoxy) is 3. The Morgan fingerprint density at radius 1 is 0.727 bits per heavy atom. The molecular formula is C22H26N2O7S2. The Morgan fingerprint density at radius 3 is 2.06 bits per heavy atom. The molecule has 0 spiro atoms. The average Bonchev–Trinajstić information content (AvgIpc) is 3.35. The van der Waals surface area contributed by atoms with Crippen molar-refractivity contribution in [3.63, 3.8) is 0 Å². The van der Waals surface area contributed by atoms with Crippen LogP contribution in [-0.2, 0) is 24.8 Å². The van der Waals surface area contributed by atoms with E-state index in [2.05, 4.69) is 0 Å². The molecule has 2 aromatic carbocycles. The molecule has 0 saturated carbocycles. The first-order valence-electron chi connectivity index (χ1n) is 11.0. The maximum atomic E-state index is 13.5. The second-order valence-corrected chi connectivity index (χ2v) is 12.0. The molecular weight excluding hydrogens is 468 g/mol. The van der Waals surface area contributed by atoms with Crippen molar-refractivity contribution < 1.29 is 31.0 Å². The van der Waals surface area contributed by atoms with Crippen LogP contribution in [0.5, 0.6) is 11.5 Å². The Hall–Kier alpha value is -2.18. The largest absolute Gasteiger partial charge is 0.486 e. The van der Waals surface area contributed by atoms with Crippen molar-refractivity contribution in [1.82, 2.24) is 8.61 Å². The lowest BCUT2D eigenvalue weighted by Crippen LogP contribution is -2.40. The summed E-state index contributed by atoms with van der Waals surface area (Å²) in [6, 6.07) is 10.7. The third kappa shape index (κ3) is 4.24. The lowest BCUT2D eigenvalue weighted by atomic mass is 10.0. The molecule has 3 aliphatic heterocycles. The molecule has 0 aliphatic carbocycles. The van der Waals surface area contributed by atoms with Gasteiger partial charge in [-0.3, -0.25) is 0 Å². The SMILES string of the molecule is O=S(=O)(c1ccc(S(=O)(=O)N2CCCC2c2ccc3c(c2)OCCO3)cc1)N1CCOCC1. The minimum atomic E-state index is -3.81. The maximum absolute atomic E-state index is 13.5. The predicted molar refractivity (Wildman–Crippen MR) is 119 cm³/mol. The van der Waals surface area contributed by atoms with Gasteiger partial charge in [-0.1, -0.05) is 6.07 Å². The molecule has 1 unspecified atom stereocenters. The van der Waals surface area contributed by atoms with Crippen LogP contribution in [-0.4, -0.2) is 71.5 Å². The summed E-state index contributed by atoms with van der Waals surface area (Å²) in [7, 11) is -7.50. The molecule has 2 fully saturated rings. The molecule has 3 heterocycles. The van der Waals surface area contributed by atoms with Crippen LogP contribution in [0.3, 0.4) is 0 Å². The monoisotopic (exact) mass is 494 g/mol. The number of benzene rings is 2. The molecule has 11 heteroatoms. The average molecular weight is 495 g/mol. The number of nitrogens with zero attached hydrogens (tertiary/aromatic N) is 2. The topological polar surface area (TPSA) is 102 Å². The van der Waals surface area contributed by atoms with E-state index in [1.54, 1.807) is 0 Å². The van der Waals surface area contributed by atoms with Gasteiger partial charge in [0.2, 0.25) is 20.0 Å². The van der Waals surface area contributed by atoms with E-state index in [9.17, 15) is 16.8 Å². The zero-order valence-electron chi connectivity index (χ0n) is 18.1. The first kappa shape index (κ1) is 22.6. The number of hydrogen-bond acceptors (Lipinski definition) is 7. The lowest BCUT2D eigenvalue weighted by Gasteiger charge is -2.27. The number of rotatable bonds is 5. The van der Waals surface area contributed by atoms with Gasteiger partial charge in [-0.05, 0) is 54.8 Å². The Bertz CT molecular complexity index is 1220. The molecule has 33 heavy (non-hydrogen) atoms. The molecule has 0 radical (unpaired) electrons. The Morgan fingerprint density at radius 2 is 1.36 bits per heavy atom. The van der Waals surface area contributed by atoms with Gasteiger partial charge < -0.3 is 14.2 Å². The summed E-state index contributed by atoms with van der Waals surface area (Å²) in [5.41, 5.74) is 0.854. The summed E-state index contributed by atoms with van der Waals surface area (Å²) in [4.78, 5) is 0.154. The maximum Gasteiger partial charge on any atom is 0.243 e. The second-order valence-electron chi connectivity index (χ2n) is 8.16. The van der Waals surface area contributed by atoms with Gasteiger partial charge in [0.25, 0.3) is 0 Å². The summed E-state index contributed by atoms with van der Waals surface area (Å²) in [6.45, 7) is 2.62. The van der Waals surface area contributed by atoms with E-state index in [4.69, 9.17) is 14.2 Å². The molecule has 0 aromatic heterocycles. The van der Waals surface area contributed by atoms with Gasteiger partial charge in [-0.15, -0.1) is 0 Å². The highest BCUT2D eigenvalue weighted by atomic mass is 32.2. The molecule has 3 aliphatic rings. The number of fused-ring (bicyclic) bond motifs is 1. The standard InChI is InChI=1S/C22H26N2O7S2/c25-32(26,23-10-12-29-13-11-23)18-4-6-19(7-5-18)33(27,28)24-9-1-2-20(24)17-3-8-21-22(16-17)31-15-14-30-21/h3-8,16,20H,1-2,9-15H2. The smallest absolute Gasteiger partial charge is 0.243 e. The van der Waals surface area contributed by atoms with Gasteiger partial charge in [-0.2, -0.15) is 8.61 Å². The summed E-state index contributed by atoms with van der Waals surface area (Å²) in [5, 5.41) is 0. The van der Waals surface area contributed by atoms with E-state index in [0.717, 1.165) is 12.0 Å². The van der Waals surface area contributed by atoms with E-state index in [0.29, 0.717) is 50.9 Å². The Balaban J connectivity index is 1.40.